The standard InChI is InChI=1S/C16H15F3N4O6/c1-16(28,14(26)27)11-13(25)21(4-5-29-11)12-9(17)7-23(20-12)8-2-3-10(24)22(6-8)15(18)19/h2-3,6-7,11,15,28H,4-5H2,1H3,(H,26,27). The van der Waals surface area contributed by atoms with Crippen LogP contribution in [0.15, 0.2) is 29.3 Å². The van der Waals surface area contributed by atoms with Gasteiger partial charge in [0.2, 0.25) is 0 Å². The third-order valence-electron chi connectivity index (χ3n) is 4.34. The summed E-state index contributed by atoms with van der Waals surface area (Å²) < 4.78 is 46.3. The second-order valence-corrected chi connectivity index (χ2v) is 6.35. The van der Waals surface area contributed by atoms with Gasteiger partial charge in [-0.25, -0.2) is 13.9 Å². The summed E-state index contributed by atoms with van der Waals surface area (Å²) in [4.78, 5) is 36.0. The SMILES string of the molecule is CC(O)(C(=O)O)C1OCCN(c2nn(-c3ccc(=O)n(C(F)F)c3)cc2F)C1=O. The molecule has 10 nitrogen and oxygen atoms in total. The number of aromatic nitrogens is 3. The van der Waals surface area contributed by atoms with E-state index in [9.17, 15) is 32.7 Å². The van der Waals surface area contributed by atoms with E-state index in [-0.39, 0.29) is 23.4 Å². The molecule has 2 aromatic rings. The van der Waals surface area contributed by atoms with E-state index in [0.29, 0.717) is 0 Å². The molecule has 1 saturated heterocycles. The van der Waals surface area contributed by atoms with Crippen molar-refractivity contribution in [3.63, 3.8) is 0 Å². The van der Waals surface area contributed by atoms with Crippen LogP contribution >= 0.6 is 0 Å². The molecule has 0 spiro atoms. The second-order valence-electron chi connectivity index (χ2n) is 6.35. The quantitative estimate of drug-likeness (QED) is 0.710. The molecule has 0 radical (unpaired) electrons. The van der Waals surface area contributed by atoms with Crippen molar-refractivity contribution in [3.8, 4) is 5.69 Å². The van der Waals surface area contributed by atoms with E-state index in [0.717, 1.165) is 41.0 Å². The van der Waals surface area contributed by atoms with Crippen molar-refractivity contribution in [2.24, 2.45) is 0 Å². The first-order chi connectivity index (χ1) is 13.5. The van der Waals surface area contributed by atoms with Gasteiger partial charge in [-0.3, -0.25) is 19.1 Å². The Morgan fingerprint density at radius 1 is 1.34 bits per heavy atom. The average molecular weight is 416 g/mol. The van der Waals surface area contributed by atoms with E-state index >= 15 is 0 Å². The Bertz CT molecular complexity index is 1020. The van der Waals surface area contributed by atoms with Crippen LogP contribution in [0.25, 0.3) is 5.69 Å². The van der Waals surface area contributed by atoms with Crippen LogP contribution in [0.4, 0.5) is 19.0 Å². The van der Waals surface area contributed by atoms with Crippen LogP contribution < -0.4 is 10.5 Å². The number of carboxylic acids is 1. The predicted molar refractivity (Wildman–Crippen MR) is 89.4 cm³/mol. The van der Waals surface area contributed by atoms with Crippen molar-refractivity contribution in [3.05, 3.63) is 40.7 Å². The van der Waals surface area contributed by atoms with E-state index in [4.69, 9.17) is 9.84 Å². The summed E-state index contributed by atoms with van der Waals surface area (Å²) in [5.74, 6) is -4.27. The van der Waals surface area contributed by atoms with Crippen LogP contribution in [-0.2, 0) is 14.3 Å². The fourth-order valence-corrected chi connectivity index (χ4v) is 2.75. The van der Waals surface area contributed by atoms with Crippen molar-refractivity contribution >= 4 is 17.7 Å². The maximum Gasteiger partial charge on any atom is 0.338 e. The maximum atomic E-state index is 14.5. The molecule has 2 atom stereocenters. The monoisotopic (exact) mass is 416 g/mol. The highest BCUT2D eigenvalue weighted by Gasteiger charge is 2.49. The molecule has 156 valence electrons. The summed E-state index contributed by atoms with van der Waals surface area (Å²) in [6, 6.07) is 1.98. The molecule has 2 aromatic heterocycles. The van der Waals surface area contributed by atoms with Crippen molar-refractivity contribution in [1.29, 1.82) is 0 Å². The number of nitrogens with zero attached hydrogens (tertiary/aromatic N) is 4. The molecule has 0 aliphatic carbocycles. The number of anilines is 1. The number of ether oxygens (including phenoxy) is 1. The zero-order valence-corrected chi connectivity index (χ0v) is 14.8. The zero-order valence-electron chi connectivity index (χ0n) is 14.8. The molecule has 3 rings (SSSR count). The normalized spacial score (nSPS) is 19.4. The molecular weight excluding hydrogens is 401 g/mol. The second kappa shape index (κ2) is 7.33. The van der Waals surface area contributed by atoms with Gasteiger partial charge in [-0.15, -0.1) is 5.10 Å². The molecule has 1 amide bonds. The summed E-state index contributed by atoms with van der Waals surface area (Å²) in [6.07, 6.45) is -0.237. The number of halogens is 3. The first-order valence-corrected chi connectivity index (χ1v) is 8.18. The van der Waals surface area contributed by atoms with Gasteiger partial charge in [0, 0.05) is 12.3 Å². The largest absolute Gasteiger partial charge is 0.479 e. The lowest BCUT2D eigenvalue weighted by molar-refractivity contribution is -0.180. The number of aliphatic hydroxyl groups is 1. The van der Waals surface area contributed by atoms with Crippen LogP contribution in [-0.4, -0.2) is 61.3 Å². The number of rotatable bonds is 5. The van der Waals surface area contributed by atoms with Gasteiger partial charge in [0.1, 0.15) is 0 Å². The Labute approximate surface area is 160 Å². The number of pyridine rings is 1. The van der Waals surface area contributed by atoms with Gasteiger partial charge in [0.15, 0.2) is 23.3 Å². The lowest BCUT2D eigenvalue weighted by atomic mass is 9.97. The third-order valence-corrected chi connectivity index (χ3v) is 4.34. The topological polar surface area (TPSA) is 127 Å². The molecule has 29 heavy (non-hydrogen) atoms. The number of morpholine rings is 1. The van der Waals surface area contributed by atoms with Crippen LogP contribution in [0.5, 0.6) is 0 Å². The number of carbonyl (C=O) groups is 2. The van der Waals surface area contributed by atoms with E-state index in [1.54, 1.807) is 0 Å². The summed E-state index contributed by atoms with van der Waals surface area (Å²) in [7, 11) is 0. The van der Waals surface area contributed by atoms with Crippen LogP contribution in [0.1, 0.15) is 13.5 Å². The van der Waals surface area contributed by atoms with Gasteiger partial charge in [-0.1, -0.05) is 0 Å². The van der Waals surface area contributed by atoms with Gasteiger partial charge in [0.05, 0.1) is 25.0 Å². The number of hydrogen-bond donors (Lipinski definition) is 2. The number of aliphatic carboxylic acids is 1. The van der Waals surface area contributed by atoms with Crippen molar-refractivity contribution in [2.45, 2.75) is 25.2 Å². The number of amides is 1. The molecular formula is C16H15F3N4O6. The minimum absolute atomic E-state index is 0.0789. The van der Waals surface area contributed by atoms with Gasteiger partial charge >= 0.3 is 12.5 Å². The highest BCUT2D eigenvalue weighted by Crippen LogP contribution is 2.26. The Morgan fingerprint density at radius 3 is 2.66 bits per heavy atom. The number of alkyl halides is 2. The van der Waals surface area contributed by atoms with Crippen LogP contribution in [0.3, 0.4) is 0 Å². The van der Waals surface area contributed by atoms with Gasteiger partial charge in [-0.05, 0) is 13.0 Å². The van der Waals surface area contributed by atoms with Gasteiger partial charge < -0.3 is 14.9 Å². The highest BCUT2D eigenvalue weighted by molar-refractivity contribution is 6.00. The molecule has 0 aromatic carbocycles. The molecule has 0 bridgehead atoms. The third kappa shape index (κ3) is 3.61. The van der Waals surface area contributed by atoms with Gasteiger partial charge in [-0.2, -0.15) is 8.78 Å². The molecule has 1 aliphatic heterocycles. The zero-order chi connectivity index (χ0) is 21.5. The summed E-state index contributed by atoms with van der Waals surface area (Å²) >= 11 is 0. The number of carbonyl (C=O) groups excluding carboxylic acids is 1. The molecule has 3 heterocycles. The van der Waals surface area contributed by atoms with Crippen molar-refractivity contribution < 1.29 is 37.7 Å². The Kier molecular flexibility index (Phi) is 5.19. The summed E-state index contributed by atoms with van der Waals surface area (Å²) in [6.45, 7) is -2.65. The van der Waals surface area contributed by atoms with Crippen molar-refractivity contribution in [1.82, 2.24) is 14.3 Å². The summed E-state index contributed by atoms with van der Waals surface area (Å²) in [5, 5.41) is 23.0. The average Bonchev–Trinajstić information content (AvgIpc) is 3.03. The van der Waals surface area contributed by atoms with Gasteiger partial charge in [0.25, 0.3) is 11.5 Å². The fourth-order valence-electron chi connectivity index (χ4n) is 2.75. The minimum atomic E-state index is -3.12. The van der Waals surface area contributed by atoms with E-state index in [1.807, 2.05) is 0 Å². The summed E-state index contributed by atoms with van der Waals surface area (Å²) in [5.41, 5.74) is -3.62. The predicted octanol–water partition coefficient (Wildman–Crippen LogP) is 0.136. The van der Waals surface area contributed by atoms with Crippen LogP contribution in [0.2, 0.25) is 0 Å². The Hall–Kier alpha value is -3.19. The molecule has 2 N–H and O–H groups in total. The highest BCUT2D eigenvalue weighted by atomic mass is 19.3. The first-order valence-electron chi connectivity index (χ1n) is 8.18. The maximum absolute atomic E-state index is 14.5. The van der Waals surface area contributed by atoms with E-state index in [1.165, 1.54) is 0 Å². The van der Waals surface area contributed by atoms with Crippen LogP contribution in [0, 0.1) is 5.82 Å². The number of hydrogen-bond acceptors (Lipinski definition) is 6. The number of carboxylic acid groups (broad SMARTS) is 1. The minimum Gasteiger partial charge on any atom is -0.479 e. The Morgan fingerprint density at radius 2 is 2.03 bits per heavy atom. The lowest BCUT2D eigenvalue weighted by Gasteiger charge is -2.36. The van der Waals surface area contributed by atoms with E-state index in [2.05, 4.69) is 5.10 Å². The molecule has 1 fully saturated rings. The molecule has 1 aliphatic rings. The van der Waals surface area contributed by atoms with Crippen molar-refractivity contribution in [2.75, 3.05) is 18.1 Å². The smallest absolute Gasteiger partial charge is 0.338 e. The lowest BCUT2D eigenvalue weighted by Crippen LogP contribution is -2.60. The first kappa shape index (κ1) is 20.5. The van der Waals surface area contributed by atoms with E-state index < -0.39 is 47.3 Å². The molecule has 0 saturated carbocycles. The Balaban J connectivity index is 1.97. The molecule has 13 heteroatoms. The molecule has 2 unspecified atom stereocenters. The fraction of sp³-hybridized carbons (Fsp3) is 0.375.